The molecule has 4 aromatic rings. The number of aromatic nitrogens is 3. The summed E-state index contributed by atoms with van der Waals surface area (Å²) < 4.78 is 21.6. The summed E-state index contributed by atoms with van der Waals surface area (Å²) in [5.74, 6) is 0.910. The number of halogens is 1. The summed E-state index contributed by atoms with van der Waals surface area (Å²) in [5.41, 5.74) is 3.77. The van der Waals surface area contributed by atoms with Crippen LogP contribution in [-0.4, -0.2) is 38.8 Å². The first-order chi connectivity index (χ1) is 14.3. The zero-order valence-corrected chi connectivity index (χ0v) is 18.2. The molecule has 0 aliphatic heterocycles. The van der Waals surface area contributed by atoms with E-state index < -0.39 is 9.73 Å². The summed E-state index contributed by atoms with van der Waals surface area (Å²) in [6, 6.07) is 13.2. The number of nitrogens with zero attached hydrogens (tertiary/aromatic N) is 3. The van der Waals surface area contributed by atoms with Gasteiger partial charge in [-0.3, -0.25) is 0 Å². The van der Waals surface area contributed by atoms with E-state index in [1.807, 2.05) is 30.5 Å². The second-order valence-electron chi connectivity index (χ2n) is 6.92. The van der Waals surface area contributed by atoms with Crippen LogP contribution in [0.5, 0.6) is 5.75 Å². The van der Waals surface area contributed by atoms with Crippen molar-refractivity contribution in [1.82, 2.24) is 15.0 Å². The molecule has 0 fully saturated rings. The molecule has 0 aliphatic carbocycles. The molecule has 0 spiro atoms. The van der Waals surface area contributed by atoms with Gasteiger partial charge in [0.25, 0.3) is 0 Å². The Morgan fingerprint density at radius 3 is 2.80 bits per heavy atom. The molecular formula is C21H20ClN5O2S. The lowest BCUT2D eigenvalue weighted by Crippen LogP contribution is -2.01. The largest absolute Gasteiger partial charge is 0.494 e. The first-order valence-corrected chi connectivity index (χ1v) is 11.8. The minimum Gasteiger partial charge on any atom is -0.494 e. The van der Waals surface area contributed by atoms with Crippen molar-refractivity contribution in [3.63, 3.8) is 0 Å². The molecule has 30 heavy (non-hydrogen) atoms. The van der Waals surface area contributed by atoms with Crippen LogP contribution in [0.15, 0.2) is 59.2 Å². The summed E-state index contributed by atoms with van der Waals surface area (Å²) in [6.45, 7) is 0. The van der Waals surface area contributed by atoms with Gasteiger partial charge in [-0.15, -0.1) is 0 Å². The van der Waals surface area contributed by atoms with Crippen molar-refractivity contribution in [2.75, 3.05) is 24.9 Å². The molecule has 0 atom stereocenters. The van der Waals surface area contributed by atoms with Crippen molar-refractivity contribution in [1.29, 1.82) is 0 Å². The normalized spacial score (nSPS) is 11.5. The molecule has 2 aromatic heterocycles. The standard InChI is InChI=1S/C21H20ClN5O2S/c1-29-19-11-13(27-30(2,3)28)7-8-18(19)25-21-24-12-16(22)20(26-21)15-5-4-6-17-14(15)9-10-23-17/h4-12,23H,1-3H3,(H,24,25,26). The van der Waals surface area contributed by atoms with E-state index in [0.717, 1.165) is 16.5 Å². The Morgan fingerprint density at radius 1 is 1.20 bits per heavy atom. The maximum absolute atomic E-state index is 12.0. The fourth-order valence-electron chi connectivity index (χ4n) is 3.12. The SMILES string of the molecule is COc1cc(N=S(C)(C)=O)ccc1Nc1ncc(Cl)c(-c2cccc3[nH]ccc23)n1. The highest BCUT2D eigenvalue weighted by Crippen LogP contribution is 2.34. The molecule has 2 N–H and O–H groups in total. The monoisotopic (exact) mass is 441 g/mol. The Bertz CT molecular complexity index is 1350. The average molecular weight is 442 g/mol. The Kier molecular flexibility index (Phi) is 5.36. The lowest BCUT2D eigenvalue weighted by molar-refractivity contribution is 0.417. The van der Waals surface area contributed by atoms with Crippen molar-refractivity contribution in [3.8, 4) is 17.0 Å². The van der Waals surface area contributed by atoms with Crippen LogP contribution in [0.3, 0.4) is 0 Å². The van der Waals surface area contributed by atoms with Crippen molar-refractivity contribution in [2.45, 2.75) is 0 Å². The van der Waals surface area contributed by atoms with Crippen molar-refractivity contribution < 1.29 is 8.95 Å². The average Bonchev–Trinajstić information content (AvgIpc) is 3.18. The Hall–Kier alpha value is -3.10. The molecule has 0 saturated carbocycles. The number of aromatic amines is 1. The molecule has 0 radical (unpaired) electrons. The first-order valence-electron chi connectivity index (χ1n) is 9.05. The van der Waals surface area contributed by atoms with Gasteiger partial charge in [0.05, 0.1) is 35.4 Å². The Morgan fingerprint density at radius 2 is 2.03 bits per heavy atom. The Labute approximate surface area is 179 Å². The highest BCUT2D eigenvalue weighted by atomic mass is 35.5. The molecule has 0 bridgehead atoms. The maximum atomic E-state index is 12.0. The number of H-pyrrole nitrogens is 1. The number of anilines is 2. The maximum Gasteiger partial charge on any atom is 0.227 e. The lowest BCUT2D eigenvalue weighted by atomic mass is 10.1. The predicted octanol–water partition coefficient (Wildman–Crippen LogP) is 5.39. The zero-order valence-electron chi connectivity index (χ0n) is 16.6. The summed E-state index contributed by atoms with van der Waals surface area (Å²) in [6.07, 6.45) is 6.61. The van der Waals surface area contributed by atoms with E-state index in [2.05, 4.69) is 24.6 Å². The van der Waals surface area contributed by atoms with E-state index in [1.165, 1.54) is 0 Å². The third kappa shape index (κ3) is 4.24. The van der Waals surface area contributed by atoms with Gasteiger partial charge in [-0.2, -0.15) is 4.36 Å². The molecule has 2 aromatic carbocycles. The van der Waals surface area contributed by atoms with Gasteiger partial charge in [-0.1, -0.05) is 23.7 Å². The molecule has 9 heteroatoms. The number of rotatable bonds is 5. The van der Waals surface area contributed by atoms with Gasteiger partial charge in [0.2, 0.25) is 5.95 Å². The van der Waals surface area contributed by atoms with Gasteiger partial charge in [0.15, 0.2) is 0 Å². The second-order valence-corrected chi connectivity index (χ2v) is 9.87. The second kappa shape index (κ2) is 7.97. The van der Waals surface area contributed by atoms with E-state index in [-0.39, 0.29) is 0 Å². The Balaban J connectivity index is 1.72. The van der Waals surface area contributed by atoms with Crippen LogP contribution in [0.1, 0.15) is 0 Å². The fourth-order valence-corrected chi connectivity index (χ4v) is 3.94. The molecule has 0 saturated heterocycles. The van der Waals surface area contributed by atoms with E-state index in [4.69, 9.17) is 16.3 Å². The van der Waals surface area contributed by atoms with Gasteiger partial charge in [-0.25, -0.2) is 14.2 Å². The van der Waals surface area contributed by atoms with E-state index in [1.54, 1.807) is 44.0 Å². The summed E-state index contributed by atoms with van der Waals surface area (Å²) in [5, 5.41) is 4.64. The van der Waals surface area contributed by atoms with Crippen LogP contribution >= 0.6 is 11.6 Å². The number of benzene rings is 2. The smallest absolute Gasteiger partial charge is 0.227 e. The third-order valence-corrected chi connectivity index (χ3v) is 5.28. The van der Waals surface area contributed by atoms with Crippen molar-refractivity contribution in [3.05, 3.63) is 59.9 Å². The van der Waals surface area contributed by atoms with Crippen LogP contribution in [0.25, 0.3) is 22.2 Å². The lowest BCUT2D eigenvalue weighted by Gasteiger charge is -2.12. The van der Waals surface area contributed by atoms with E-state index >= 15 is 0 Å². The molecular weight excluding hydrogens is 422 g/mol. The highest BCUT2D eigenvalue weighted by Gasteiger charge is 2.13. The molecule has 4 rings (SSSR count). The highest BCUT2D eigenvalue weighted by molar-refractivity contribution is 7.92. The number of hydrogen-bond donors (Lipinski definition) is 2. The molecule has 154 valence electrons. The van der Waals surface area contributed by atoms with Crippen LogP contribution < -0.4 is 10.1 Å². The first kappa shape index (κ1) is 20.2. The van der Waals surface area contributed by atoms with Gasteiger partial charge < -0.3 is 15.0 Å². The van der Waals surface area contributed by atoms with Gasteiger partial charge >= 0.3 is 0 Å². The molecule has 0 aliphatic rings. The summed E-state index contributed by atoms with van der Waals surface area (Å²) in [4.78, 5) is 12.1. The minimum absolute atomic E-state index is 0.375. The molecule has 0 unspecified atom stereocenters. The van der Waals surface area contributed by atoms with E-state index in [9.17, 15) is 4.21 Å². The number of fused-ring (bicyclic) bond motifs is 1. The summed E-state index contributed by atoms with van der Waals surface area (Å²) >= 11 is 6.41. The van der Waals surface area contributed by atoms with Crippen LogP contribution in [-0.2, 0) is 9.73 Å². The number of ether oxygens (including phenoxy) is 1. The van der Waals surface area contributed by atoms with Crippen LogP contribution in [0.2, 0.25) is 5.02 Å². The molecule has 0 amide bonds. The van der Waals surface area contributed by atoms with Crippen molar-refractivity contribution in [2.24, 2.45) is 4.36 Å². The van der Waals surface area contributed by atoms with Gasteiger partial charge in [-0.05, 0) is 24.3 Å². The fraction of sp³-hybridized carbons (Fsp3) is 0.143. The number of methoxy groups -OCH3 is 1. The summed E-state index contributed by atoms with van der Waals surface area (Å²) in [7, 11) is -0.715. The van der Waals surface area contributed by atoms with Crippen LogP contribution in [0, 0.1) is 0 Å². The molecule has 7 nitrogen and oxygen atoms in total. The number of hydrogen-bond acceptors (Lipinski definition) is 6. The van der Waals surface area contributed by atoms with Gasteiger partial charge in [0, 0.05) is 51.0 Å². The zero-order chi connectivity index (χ0) is 21.3. The predicted molar refractivity (Wildman–Crippen MR) is 123 cm³/mol. The van der Waals surface area contributed by atoms with Crippen molar-refractivity contribution >= 4 is 49.6 Å². The van der Waals surface area contributed by atoms with Crippen LogP contribution in [0.4, 0.5) is 17.3 Å². The molecule has 2 heterocycles. The topological polar surface area (TPSA) is 92.3 Å². The van der Waals surface area contributed by atoms with E-state index in [0.29, 0.717) is 33.8 Å². The number of nitrogens with one attached hydrogen (secondary N) is 2. The third-order valence-electron chi connectivity index (χ3n) is 4.35. The van der Waals surface area contributed by atoms with Gasteiger partial charge in [0.1, 0.15) is 5.75 Å². The minimum atomic E-state index is -2.27. The quantitative estimate of drug-likeness (QED) is 0.433.